The highest BCUT2D eigenvalue weighted by atomic mass is 16.5. The van der Waals surface area contributed by atoms with Crippen LogP contribution in [0.1, 0.15) is 25.7 Å². The van der Waals surface area contributed by atoms with Crippen molar-refractivity contribution in [2.75, 3.05) is 6.61 Å². The molecule has 0 aromatic heterocycles. The van der Waals surface area contributed by atoms with E-state index in [0.29, 0.717) is 18.3 Å². The standard InChI is InChI=1S/C9H14O3/c10-9(11)5-7(6-1-2-6)8-3-4-12-8/h6-8H,1-5H2,(H,10,11). The van der Waals surface area contributed by atoms with Gasteiger partial charge < -0.3 is 9.84 Å². The smallest absolute Gasteiger partial charge is 0.303 e. The van der Waals surface area contributed by atoms with Gasteiger partial charge in [0.25, 0.3) is 0 Å². The normalized spacial score (nSPS) is 30.8. The lowest BCUT2D eigenvalue weighted by Gasteiger charge is -2.33. The van der Waals surface area contributed by atoms with Crippen LogP contribution in [-0.2, 0) is 9.53 Å². The molecule has 2 atom stereocenters. The van der Waals surface area contributed by atoms with Crippen molar-refractivity contribution < 1.29 is 14.6 Å². The second kappa shape index (κ2) is 3.05. The zero-order valence-electron chi connectivity index (χ0n) is 7.03. The van der Waals surface area contributed by atoms with Crippen LogP contribution < -0.4 is 0 Å². The molecular weight excluding hydrogens is 156 g/mol. The minimum absolute atomic E-state index is 0.258. The lowest BCUT2D eigenvalue weighted by molar-refractivity contribution is -0.144. The molecule has 1 saturated carbocycles. The second-order valence-corrected chi connectivity index (χ2v) is 3.80. The van der Waals surface area contributed by atoms with Gasteiger partial charge in [0, 0.05) is 6.61 Å². The van der Waals surface area contributed by atoms with E-state index in [1.54, 1.807) is 0 Å². The third-order valence-corrected chi connectivity index (χ3v) is 2.85. The molecule has 1 heterocycles. The lowest BCUT2D eigenvalue weighted by atomic mass is 9.89. The van der Waals surface area contributed by atoms with Gasteiger partial charge in [-0.2, -0.15) is 0 Å². The number of aliphatic carboxylic acids is 1. The van der Waals surface area contributed by atoms with Crippen LogP contribution in [0.4, 0.5) is 0 Å². The first kappa shape index (κ1) is 8.05. The van der Waals surface area contributed by atoms with Crippen molar-refractivity contribution in [1.82, 2.24) is 0 Å². The Morgan fingerprint density at radius 2 is 2.17 bits per heavy atom. The number of carbonyl (C=O) groups is 1. The summed E-state index contributed by atoms with van der Waals surface area (Å²) in [5.74, 6) is 0.269. The van der Waals surface area contributed by atoms with Crippen molar-refractivity contribution in [2.24, 2.45) is 11.8 Å². The van der Waals surface area contributed by atoms with E-state index in [0.717, 1.165) is 13.0 Å². The van der Waals surface area contributed by atoms with E-state index >= 15 is 0 Å². The molecule has 2 fully saturated rings. The maximum atomic E-state index is 10.5. The highest BCUT2D eigenvalue weighted by Crippen LogP contribution is 2.43. The van der Waals surface area contributed by atoms with Gasteiger partial charge >= 0.3 is 5.97 Å². The van der Waals surface area contributed by atoms with E-state index in [1.165, 1.54) is 12.8 Å². The van der Waals surface area contributed by atoms with Gasteiger partial charge in [0.05, 0.1) is 12.5 Å². The maximum absolute atomic E-state index is 10.5. The Kier molecular flexibility index (Phi) is 2.05. The van der Waals surface area contributed by atoms with E-state index in [1.807, 2.05) is 0 Å². The summed E-state index contributed by atoms with van der Waals surface area (Å²) in [5, 5.41) is 8.67. The van der Waals surface area contributed by atoms with Crippen LogP contribution in [0, 0.1) is 11.8 Å². The molecule has 1 N–H and O–H groups in total. The van der Waals surface area contributed by atoms with Gasteiger partial charge in [-0.15, -0.1) is 0 Å². The zero-order chi connectivity index (χ0) is 8.55. The van der Waals surface area contributed by atoms with Gasteiger partial charge in [0.15, 0.2) is 0 Å². The molecule has 1 aliphatic heterocycles. The SMILES string of the molecule is O=C(O)CC(C1CC1)C1CCO1. The number of carboxylic acid groups (broad SMARTS) is 1. The number of rotatable bonds is 4. The minimum Gasteiger partial charge on any atom is -0.481 e. The summed E-state index contributed by atoms with van der Waals surface area (Å²) < 4.78 is 5.33. The molecule has 3 heteroatoms. The molecule has 0 spiro atoms. The van der Waals surface area contributed by atoms with E-state index < -0.39 is 5.97 Å². The van der Waals surface area contributed by atoms with Crippen molar-refractivity contribution in [2.45, 2.75) is 31.8 Å². The Labute approximate surface area is 71.7 Å². The zero-order valence-corrected chi connectivity index (χ0v) is 7.03. The van der Waals surface area contributed by atoms with Gasteiger partial charge in [-0.25, -0.2) is 0 Å². The van der Waals surface area contributed by atoms with Crippen LogP contribution in [0.3, 0.4) is 0 Å². The first-order valence-corrected chi connectivity index (χ1v) is 4.61. The molecular formula is C9H14O3. The van der Waals surface area contributed by atoms with Gasteiger partial charge in [0.2, 0.25) is 0 Å². The minimum atomic E-state index is -0.678. The van der Waals surface area contributed by atoms with E-state index in [2.05, 4.69) is 0 Å². The molecule has 0 radical (unpaired) electrons. The average molecular weight is 170 g/mol. The number of ether oxygens (including phenoxy) is 1. The Balaban J connectivity index is 1.87. The Bertz CT molecular complexity index is 182. The molecule has 1 saturated heterocycles. The summed E-state index contributed by atoms with van der Waals surface area (Å²) in [7, 11) is 0. The number of carboxylic acids is 1. The van der Waals surface area contributed by atoms with Gasteiger partial charge in [-0.1, -0.05) is 0 Å². The predicted octanol–water partition coefficient (Wildman–Crippen LogP) is 1.28. The number of hydrogen-bond acceptors (Lipinski definition) is 2. The van der Waals surface area contributed by atoms with Crippen molar-refractivity contribution in [3.8, 4) is 0 Å². The highest BCUT2D eigenvalue weighted by molar-refractivity contribution is 5.67. The third kappa shape index (κ3) is 1.61. The van der Waals surface area contributed by atoms with Crippen LogP contribution in [-0.4, -0.2) is 23.8 Å². The van der Waals surface area contributed by atoms with Crippen LogP contribution in [0.15, 0.2) is 0 Å². The van der Waals surface area contributed by atoms with Crippen molar-refractivity contribution >= 4 is 5.97 Å². The maximum Gasteiger partial charge on any atom is 0.303 e. The van der Waals surface area contributed by atoms with Gasteiger partial charge in [-0.3, -0.25) is 4.79 Å². The molecule has 1 aliphatic carbocycles. The Morgan fingerprint density at radius 1 is 1.50 bits per heavy atom. The largest absolute Gasteiger partial charge is 0.481 e. The fraction of sp³-hybridized carbons (Fsp3) is 0.889. The fourth-order valence-corrected chi connectivity index (χ4v) is 1.92. The quantitative estimate of drug-likeness (QED) is 0.691. The summed E-state index contributed by atoms with van der Waals surface area (Å²) >= 11 is 0. The van der Waals surface area contributed by atoms with Crippen LogP contribution in [0.2, 0.25) is 0 Å². The third-order valence-electron chi connectivity index (χ3n) is 2.85. The van der Waals surface area contributed by atoms with Gasteiger partial charge in [-0.05, 0) is 31.1 Å². The molecule has 68 valence electrons. The molecule has 0 aromatic rings. The fourth-order valence-electron chi connectivity index (χ4n) is 1.92. The second-order valence-electron chi connectivity index (χ2n) is 3.80. The molecule has 0 amide bonds. The Hall–Kier alpha value is -0.570. The summed E-state index contributed by atoms with van der Waals surface area (Å²) in [6.07, 6.45) is 4.04. The monoisotopic (exact) mass is 170 g/mol. The van der Waals surface area contributed by atoms with Gasteiger partial charge in [0.1, 0.15) is 0 Å². The molecule has 2 unspecified atom stereocenters. The molecule has 0 bridgehead atoms. The predicted molar refractivity (Wildman–Crippen MR) is 42.8 cm³/mol. The van der Waals surface area contributed by atoms with Crippen molar-refractivity contribution in [1.29, 1.82) is 0 Å². The summed E-state index contributed by atoms with van der Waals surface area (Å²) in [6.45, 7) is 0.827. The molecule has 2 aliphatic rings. The Morgan fingerprint density at radius 3 is 2.50 bits per heavy atom. The lowest BCUT2D eigenvalue weighted by Crippen LogP contribution is -2.36. The summed E-state index contributed by atoms with van der Waals surface area (Å²) in [6, 6.07) is 0. The van der Waals surface area contributed by atoms with E-state index in [9.17, 15) is 4.79 Å². The summed E-state index contributed by atoms with van der Waals surface area (Å²) in [5.41, 5.74) is 0. The molecule has 0 aromatic carbocycles. The first-order valence-electron chi connectivity index (χ1n) is 4.61. The van der Waals surface area contributed by atoms with Crippen molar-refractivity contribution in [3.05, 3.63) is 0 Å². The van der Waals surface area contributed by atoms with E-state index in [4.69, 9.17) is 9.84 Å². The molecule has 3 nitrogen and oxygen atoms in total. The van der Waals surface area contributed by atoms with E-state index in [-0.39, 0.29) is 6.10 Å². The van der Waals surface area contributed by atoms with Crippen LogP contribution >= 0.6 is 0 Å². The van der Waals surface area contributed by atoms with Crippen molar-refractivity contribution in [3.63, 3.8) is 0 Å². The average Bonchev–Trinajstić information content (AvgIpc) is 2.60. The van der Waals surface area contributed by atoms with Crippen LogP contribution in [0.5, 0.6) is 0 Å². The van der Waals surface area contributed by atoms with Crippen LogP contribution in [0.25, 0.3) is 0 Å². The highest BCUT2D eigenvalue weighted by Gasteiger charge is 2.40. The summed E-state index contributed by atoms with van der Waals surface area (Å²) in [4.78, 5) is 10.5. The molecule has 2 rings (SSSR count). The number of hydrogen-bond donors (Lipinski definition) is 1. The first-order chi connectivity index (χ1) is 5.77. The molecule has 12 heavy (non-hydrogen) atoms. The topological polar surface area (TPSA) is 46.5 Å².